The molecule has 0 bridgehead atoms. The van der Waals surface area contributed by atoms with E-state index in [1.165, 1.54) is 11.3 Å². The quantitative estimate of drug-likeness (QED) is 0.504. The summed E-state index contributed by atoms with van der Waals surface area (Å²) in [5, 5.41) is 15.2. The van der Waals surface area contributed by atoms with Gasteiger partial charge in [-0.3, -0.25) is 10.1 Å². The topological polar surface area (TPSA) is 138 Å². The predicted octanol–water partition coefficient (Wildman–Crippen LogP) is 3.81. The molecule has 182 valence electrons. The van der Waals surface area contributed by atoms with Crippen LogP contribution in [-0.4, -0.2) is 50.6 Å². The average Bonchev–Trinajstić information content (AvgIpc) is 3.17. The molecule has 4 amide bonds. The zero-order valence-corrected chi connectivity index (χ0v) is 20.2. The van der Waals surface area contributed by atoms with E-state index in [1.54, 1.807) is 33.9 Å². The highest BCUT2D eigenvalue weighted by atomic mass is 32.1. The number of rotatable bonds is 7. The fourth-order valence-corrected chi connectivity index (χ4v) is 4.40. The van der Waals surface area contributed by atoms with Gasteiger partial charge < -0.3 is 15.2 Å². The number of amides is 4. The smallest absolute Gasteiger partial charge is 0.413 e. The number of thiazole rings is 1. The van der Waals surface area contributed by atoms with Crippen molar-refractivity contribution >= 4 is 40.5 Å². The third kappa shape index (κ3) is 6.10. The molecule has 2 aromatic rings. The first-order valence-corrected chi connectivity index (χ1v) is 11.6. The Balaban J connectivity index is 1.56. The Kier molecular flexibility index (Phi) is 7.55. The van der Waals surface area contributed by atoms with E-state index >= 15 is 0 Å². The number of aliphatic carboxylic acids is 1. The van der Waals surface area contributed by atoms with Gasteiger partial charge in [-0.05, 0) is 46.1 Å². The molecule has 0 aliphatic carbocycles. The van der Waals surface area contributed by atoms with Gasteiger partial charge in [0.25, 0.3) is 0 Å². The number of benzene rings is 1. The monoisotopic (exact) mass is 488 g/mol. The average molecular weight is 489 g/mol. The Morgan fingerprint density at radius 3 is 2.53 bits per heavy atom. The number of hydrogen-bond donors (Lipinski definition) is 3. The number of aryl methyl sites for hydroxylation is 1. The summed E-state index contributed by atoms with van der Waals surface area (Å²) < 4.78 is 5.18. The number of ether oxygens (including phenoxy) is 1. The molecule has 1 aliphatic rings. The highest BCUT2D eigenvalue weighted by Gasteiger charge is 2.54. The number of nitrogens with one attached hydrogen (secondary N) is 2. The number of likely N-dealkylation sites (tertiary alicyclic amines) is 1. The summed E-state index contributed by atoms with van der Waals surface area (Å²) in [5.41, 5.74) is 0.200. The zero-order valence-electron chi connectivity index (χ0n) is 19.4. The number of urea groups is 1. The summed E-state index contributed by atoms with van der Waals surface area (Å²) in [4.78, 5) is 54.6. The molecule has 1 aliphatic heterocycles. The van der Waals surface area contributed by atoms with Gasteiger partial charge in [0.15, 0.2) is 11.2 Å². The number of anilines is 1. The van der Waals surface area contributed by atoms with Crippen molar-refractivity contribution in [3.63, 3.8) is 0 Å². The SMILES string of the molecule is CC(NC(=O)N1C(=O)C(CCc2cnc(NC(=O)OC(C)(C)C)s2)C1C(=O)O)c1ccccc1. The lowest BCUT2D eigenvalue weighted by Gasteiger charge is -2.43. The van der Waals surface area contributed by atoms with Crippen LogP contribution in [-0.2, 0) is 20.7 Å². The van der Waals surface area contributed by atoms with E-state index in [1.807, 2.05) is 30.3 Å². The van der Waals surface area contributed by atoms with E-state index in [-0.39, 0.29) is 12.5 Å². The van der Waals surface area contributed by atoms with Gasteiger partial charge in [0, 0.05) is 11.1 Å². The molecular weight excluding hydrogens is 460 g/mol. The molecule has 1 aromatic heterocycles. The number of carboxylic acid groups (broad SMARTS) is 1. The van der Waals surface area contributed by atoms with Gasteiger partial charge in [-0.1, -0.05) is 30.3 Å². The largest absolute Gasteiger partial charge is 0.480 e. The molecule has 10 nitrogen and oxygen atoms in total. The second-order valence-electron chi connectivity index (χ2n) is 8.98. The zero-order chi connectivity index (χ0) is 25.0. The van der Waals surface area contributed by atoms with Crippen molar-refractivity contribution < 1.29 is 29.0 Å². The van der Waals surface area contributed by atoms with Crippen molar-refractivity contribution in [2.24, 2.45) is 5.92 Å². The molecule has 3 rings (SSSR count). The molecule has 0 radical (unpaired) electrons. The maximum atomic E-state index is 12.7. The number of β-lactam (4-membered cyclic amide) rings is 1. The number of carboxylic acids is 1. The van der Waals surface area contributed by atoms with Gasteiger partial charge in [-0.15, -0.1) is 11.3 Å². The minimum absolute atomic E-state index is 0.238. The van der Waals surface area contributed by atoms with Crippen LogP contribution in [0.4, 0.5) is 14.7 Å². The van der Waals surface area contributed by atoms with Gasteiger partial charge in [0.05, 0.1) is 12.0 Å². The van der Waals surface area contributed by atoms with Crippen molar-refractivity contribution in [2.45, 2.75) is 58.2 Å². The van der Waals surface area contributed by atoms with Crippen LogP contribution in [0.3, 0.4) is 0 Å². The van der Waals surface area contributed by atoms with Crippen molar-refractivity contribution in [3.05, 3.63) is 47.0 Å². The van der Waals surface area contributed by atoms with Gasteiger partial charge >= 0.3 is 18.1 Å². The van der Waals surface area contributed by atoms with Crippen LogP contribution in [0, 0.1) is 5.92 Å². The summed E-state index contributed by atoms with van der Waals surface area (Å²) in [6.45, 7) is 7.01. The Morgan fingerprint density at radius 2 is 1.91 bits per heavy atom. The second kappa shape index (κ2) is 10.2. The Labute approximate surface area is 201 Å². The fraction of sp³-hybridized carbons (Fsp3) is 0.435. The van der Waals surface area contributed by atoms with Crippen LogP contribution >= 0.6 is 11.3 Å². The van der Waals surface area contributed by atoms with Crippen LogP contribution in [0.1, 0.15) is 50.6 Å². The number of carbonyl (C=O) groups excluding carboxylic acids is 3. The summed E-state index contributed by atoms with van der Waals surface area (Å²) >= 11 is 1.21. The third-order valence-electron chi connectivity index (χ3n) is 5.19. The Bertz CT molecular complexity index is 1060. The number of hydrogen-bond acceptors (Lipinski definition) is 7. The molecule has 2 heterocycles. The maximum absolute atomic E-state index is 12.7. The molecule has 1 aromatic carbocycles. The van der Waals surface area contributed by atoms with Crippen LogP contribution in [0.5, 0.6) is 0 Å². The van der Waals surface area contributed by atoms with Crippen molar-refractivity contribution in [1.29, 1.82) is 0 Å². The molecule has 0 saturated carbocycles. The molecule has 3 atom stereocenters. The minimum atomic E-state index is -1.23. The first kappa shape index (κ1) is 25.2. The number of nitrogens with zero attached hydrogens (tertiary/aromatic N) is 2. The molecular formula is C23H28N4O6S. The van der Waals surface area contributed by atoms with Crippen LogP contribution in [0.15, 0.2) is 36.5 Å². The first-order valence-electron chi connectivity index (χ1n) is 10.8. The highest BCUT2D eigenvalue weighted by molar-refractivity contribution is 7.15. The van der Waals surface area contributed by atoms with Gasteiger partial charge in [-0.2, -0.15) is 0 Å². The predicted molar refractivity (Wildman–Crippen MR) is 125 cm³/mol. The molecule has 3 unspecified atom stereocenters. The normalized spacial score (nSPS) is 18.6. The Hall–Kier alpha value is -3.47. The summed E-state index contributed by atoms with van der Waals surface area (Å²) in [7, 11) is 0. The first-order chi connectivity index (χ1) is 16.0. The van der Waals surface area contributed by atoms with E-state index in [9.17, 15) is 24.3 Å². The van der Waals surface area contributed by atoms with Gasteiger partial charge in [0.2, 0.25) is 5.91 Å². The summed E-state index contributed by atoms with van der Waals surface area (Å²) in [6.07, 6.45) is 1.55. The summed E-state index contributed by atoms with van der Waals surface area (Å²) in [5.74, 6) is -2.58. The fourth-order valence-electron chi connectivity index (χ4n) is 3.59. The maximum Gasteiger partial charge on any atom is 0.413 e. The second-order valence-corrected chi connectivity index (χ2v) is 10.1. The third-order valence-corrected chi connectivity index (χ3v) is 6.16. The van der Waals surface area contributed by atoms with E-state index in [2.05, 4.69) is 15.6 Å². The van der Waals surface area contributed by atoms with Crippen molar-refractivity contribution in [2.75, 3.05) is 5.32 Å². The molecule has 1 saturated heterocycles. The van der Waals surface area contributed by atoms with Crippen LogP contribution in [0.25, 0.3) is 0 Å². The van der Waals surface area contributed by atoms with Crippen LogP contribution < -0.4 is 10.6 Å². The highest BCUT2D eigenvalue weighted by Crippen LogP contribution is 2.33. The molecule has 34 heavy (non-hydrogen) atoms. The van der Waals surface area contributed by atoms with Crippen LogP contribution in [0.2, 0.25) is 0 Å². The van der Waals surface area contributed by atoms with E-state index in [4.69, 9.17) is 4.74 Å². The number of imide groups is 1. The molecule has 3 N–H and O–H groups in total. The molecule has 1 fully saturated rings. The summed E-state index contributed by atoms with van der Waals surface area (Å²) in [6, 6.07) is 6.83. The molecule has 0 spiro atoms. The van der Waals surface area contributed by atoms with E-state index in [0.717, 1.165) is 15.3 Å². The molecule has 11 heteroatoms. The number of carbonyl (C=O) groups is 4. The van der Waals surface area contributed by atoms with Gasteiger partial charge in [-0.25, -0.2) is 24.3 Å². The number of aromatic nitrogens is 1. The standard InChI is InChI=1S/C23H28N4O6S/c1-13(14-8-6-5-7-9-14)25-21(31)27-17(19(29)30)16(18(27)28)11-10-15-12-24-20(34-15)26-22(32)33-23(2,3)4/h5-9,12-13,16-17H,10-11H2,1-4H3,(H,25,31)(H,29,30)(H,24,26,32). The Morgan fingerprint density at radius 1 is 1.24 bits per heavy atom. The lowest BCUT2D eigenvalue weighted by molar-refractivity contribution is -0.166. The lowest BCUT2D eigenvalue weighted by atomic mass is 9.83. The minimum Gasteiger partial charge on any atom is -0.480 e. The van der Waals surface area contributed by atoms with Gasteiger partial charge in [0.1, 0.15) is 5.60 Å². The van der Waals surface area contributed by atoms with E-state index in [0.29, 0.717) is 11.6 Å². The lowest BCUT2D eigenvalue weighted by Crippen LogP contribution is -2.68. The van der Waals surface area contributed by atoms with E-state index < -0.39 is 41.6 Å². The van der Waals surface area contributed by atoms with Crippen molar-refractivity contribution in [1.82, 2.24) is 15.2 Å². The van der Waals surface area contributed by atoms with Crippen molar-refractivity contribution in [3.8, 4) is 0 Å².